The molecule has 3 rings (SSSR count). The lowest BCUT2D eigenvalue weighted by molar-refractivity contribution is -0.0112. The molecule has 2 aromatic carbocycles. The van der Waals surface area contributed by atoms with Crippen LogP contribution < -0.4 is 4.74 Å². The molecule has 0 saturated carbocycles. The minimum Gasteiger partial charge on any atom is -0.496 e. The molecule has 0 radical (unpaired) electrons. The lowest BCUT2D eigenvalue weighted by atomic mass is 9.75. The largest absolute Gasteiger partial charge is 0.496 e. The number of ketones is 1. The molecule has 3 nitrogen and oxygen atoms in total. The van der Waals surface area contributed by atoms with Crippen LogP contribution in [-0.4, -0.2) is 20.0 Å². The van der Waals surface area contributed by atoms with Crippen molar-refractivity contribution in [3.8, 4) is 5.75 Å². The first-order valence-electron chi connectivity index (χ1n) is 9.34. The first-order valence-corrected chi connectivity index (χ1v) is 9.34. The predicted octanol–water partition coefficient (Wildman–Crippen LogP) is 5.33. The number of carbonyl (C=O) groups is 1. The van der Waals surface area contributed by atoms with Crippen molar-refractivity contribution < 1.29 is 14.3 Å². The maximum atomic E-state index is 12.6. The normalized spacial score (nSPS) is 21.2. The number of hydrogen-bond acceptors (Lipinski definition) is 3. The Kier molecular flexibility index (Phi) is 6.25. The van der Waals surface area contributed by atoms with Crippen LogP contribution in [0.5, 0.6) is 5.75 Å². The first-order chi connectivity index (χ1) is 13.2. The molecule has 2 atom stereocenters. The zero-order valence-corrected chi connectivity index (χ0v) is 15.9. The molecule has 0 heterocycles. The van der Waals surface area contributed by atoms with E-state index in [0.29, 0.717) is 17.7 Å². The standard InChI is InChI=1S/C24H26O3/c1-26-23-17-7-6-15-21(23)22(25)16-10-14-20-13-8-9-18-24(20,27-2)19-11-4-3-5-12-19/h3-9,11-13,15,17-18,20H,10,14,16H2,1-2H3. The van der Waals surface area contributed by atoms with Crippen LogP contribution in [0, 0.1) is 5.92 Å². The van der Waals surface area contributed by atoms with Gasteiger partial charge in [0.25, 0.3) is 0 Å². The second kappa shape index (κ2) is 8.83. The third kappa shape index (κ3) is 4.04. The van der Waals surface area contributed by atoms with Crippen LogP contribution in [0.15, 0.2) is 78.9 Å². The fourth-order valence-corrected chi connectivity index (χ4v) is 3.81. The topological polar surface area (TPSA) is 35.5 Å². The van der Waals surface area contributed by atoms with Crippen LogP contribution in [0.1, 0.15) is 35.2 Å². The van der Waals surface area contributed by atoms with Crippen molar-refractivity contribution in [3.63, 3.8) is 0 Å². The molecule has 0 bridgehead atoms. The molecular formula is C24H26O3. The van der Waals surface area contributed by atoms with Gasteiger partial charge >= 0.3 is 0 Å². The van der Waals surface area contributed by atoms with Crippen molar-refractivity contribution >= 4 is 5.78 Å². The average Bonchev–Trinajstić information content (AvgIpc) is 2.74. The molecule has 0 aliphatic heterocycles. The maximum Gasteiger partial charge on any atom is 0.166 e. The van der Waals surface area contributed by atoms with Crippen LogP contribution in [0.25, 0.3) is 0 Å². The van der Waals surface area contributed by atoms with E-state index in [-0.39, 0.29) is 11.7 Å². The zero-order valence-electron chi connectivity index (χ0n) is 15.9. The van der Waals surface area contributed by atoms with E-state index in [1.54, 1.807) is 14.2 Å². The minimum atomic E-state index is -0.483. The summed E-state index contributed by atoms with van der Waals surface area (Å²) in [5.74, 6) is 0.935. The molecule has 1 aliphatic carbocycles. The predicted molar refractivity (Wildman–Crippen MR) is 108 cm³/mol. The van der Waals surface area contributed by atoms with Gasteiger partial charge in [-0.2, -0.15) is 0 Å². The van der Waals surface area contributed by atoms with E-state index in [0.717, 1.165) is 18.4 Å². The Morgan fingerprint density at radius 2 is 1.74 bits per heavy atom. The highest BCUT2D eigenvalue weighted by Crippen LogP contribution is 2.40. The molecule has 0 fully saturated rings. The Bertz CT molecular complexity index is 823. The van der Waals surface area contributed by atoms with Crippen LogP contribution >= 0.6 is 0 Å². The summed E-state index contributed by atoms with van der Waals surface area (Å²) in [5, 5.41) is 0. The Morgan fingerprint density at radius 1 is 1.00 bits per heavy atom. The number of allylic oxidation sites excluding steroid dienone is 2. The Hall–Kier alpha value is -2.65. The number of para-hydroxylation sites is 1. The van der Waals surface area contributed by atoms with Crippen molar-refractivity contribution in [2.24, 2.45) is 5.92 Å². The number of ether oxygens (including phenoxy) is 2. The van der Waals surface area contributed by atoms with Gasteiger partial charge in [-0.1, -0.05) is 60.7 Å². The third-order valence-electron chi connectivity index (χ3n) is 5.24. The number of carbonyl (C=O) groups excluding carboxylic acids is 1. The molecule has 0 amide bonds. The summed E-state index contributed by atoms with van der Waals surface area (Å²) in [7, 11) is 3.35. The summed E-state index contributed by atoms with van der Waals surface area (Å²) in [6.45, 7) is 0. The molecule has 27 heavy (non-hydrogen) atoms. The van der Waals surface area contributed by atoms with E-state index in [4.69, 9.17) is 9.47 Å². The van der Waals surface area contributed by atoms with Gasteiger partial charge in [0.15, 0.2) is 5.78 Å². The number of benzene rings is 2. The fraction of sp³-hybridized carbons (Fsp3) is 0.292. The SMILES string of the molecule is COc1ccccc1C(=O)CCCC1C=CC=CC1(OC)c1ccccc1. The number of hydrogen-bond donors (Lipinski definition) is 0. The van der Waals surface area contributed by atoms with Gasteiger partial charge < -0.3 is 9.47 Å². The summed E-state index contributed by atoms with van der Waals surface area (Å²) >= 11 is 0. The number of methoxy groups -OCH3 is 2. The van der Waals surface area contributed by atoms with Gasteiger partial charge in [-0.15, -0.1) is 0 Å². The zero-order chi connectivity index (χ0) is 19.1. The number of Topliss-reactive ketones (excluding diaryl/α,β-unsaturated/α-hetero) is 1. The lowest BCUT2D eigenvalue weighted by Gasteiger charge is -2.38. The van der Waals surface area contributed by atoms with Crippen LogP contribution in [0.2, 0.25) is 0 Å². The van der Waals surface area contributed by atoms with E-state index in [1.165, 1.54) is 0 Å². The van der Waals surface area contributed by atoms with Crippen molar-refractivity contribution in [1.82, 2.24) is 0 Å². The van der Waals surface area contributed by atoms with Gasteiger partial charge in [0.1, 0.15) is 11.4 Å². The maximum absolute atomic E-state index is 12.6. The third-order valence-corrected chi connectivity index (χ3v) is 5.24. The summed E-state index contributed by atoms with van der Waals surface area (Å²) in [4.78, 5) is 12.6. The Labute approximate surface area is 161 Å². The molecule has 1 aliphatic rings. The lowest BCUT2D eigenvalue weighted by Crippen LogP contribution is -2.35. The minimum absolute atomic E-state index is 0.116. The van der Waals surface area contributed by atoms with Gasteiger partial charge in [-0.05, 0) is 36.6 Å². The molecule has 0 saturated heterocycles. The quantitative estimate of drug-likeness (QED) is 0.595. The summed E-state index contributed by atoms with van der Waals surface area (Å²) in [6, 6.07) is 17.7. The molecular weight excluding hydrogens is 336 g/mol. The van der Waals surface area contributed by atoms with Crippen molar-refractivity contribution in [3.05, 3.63) is 90.0 Å². The van der Waals surface area contributed by atoms with Crippen molar-refractivity contribution in [2.75, 3.05) is 14.2 Å². The highest BCUT2D eigenvalue weighted by atomic mass is 16.5. The molecule has 0 aromatic heterocycles. The number of rotatable bonds is 8. The van der Waals surface area contributed by atoms with Gasteiger partial charge in [0.05, 0.1) is 12.7 Å². The van der Waals surface area contributed by atoms with E-state index < -0.39 is 5.60 Å². The molecule has 0 N–H and O–H groups in total. The highest BCUT2D eigenvalue weighted by molar-refractivity contribution is 5.98. The Balaban J connectivity index is 1.70. The van der Waals surface area contributed by atoms with E-state index in [9.17, 15) is 4.79 Å². The molecule has 2 aromatic rings. The molecule has 2 unspecified atom stereocenters. The fourth-order valence-electron chi connectivity index (χ4n) is 3.81. The van der Waals surface area contributed by atoms with Crippen molar-refractivity contribution in [2.45, 2.75) is 24.9 Å². The monoisotopic (exact) mass is 362 g/mol. The van der Waals surface area contributed by atoms with Crippen LogP contribution in [0.4, 0.5) is 0 Å². The molecule has 3 heteroatoms. The smallest absolute Gasteiger partial charge is 0.166 e. The van der Waals surface area contributed by atoms with Gasteiger partial charge in [0, 0.05) is 19.4 Å². The van der Waals surface area contributed by atoms with Gasteiger partial charge in [-0.25, -0.2) is 0 Å². The molecule has 0 spiro atoms. The summed E-state index contributed by atoms with van der Waals surface area (Å²) in [5.41, 5.74) is 1.30. The van der Waals surface area contributed by atoms with E-state index in [2.05, 4.69) is 30.4 Å². The van der Waals surface area contributed by atoms with Gasteiger partial charge in [-0.3, -0.25) is 4.79 Å². The average molecular weight is 362 g/mol. The van der Waals surface area contributed by atoms with Crippen LogP contribution in [-0.2, 0) is 10.3 Å². The highest BCUT2D eigenvalue weighted by Gasteiger charge is 2.37. The first kappa shape index (κ1) is 19.1. The second-order valence-electron chi connectivity index (χ2n) is 6.73. The van der Waals surface area contributed by atoms with Gasteiger partial charge in [0.2, 0.25) is 0 Å². The van der Waals surface area contributed by atoms with Crippen molar-refractivity contribution in [1.29, 1.82) is 0 Å². The summed E-state index contributed by atoms with van der Waals surface area (Å²) in [6.07, 6.45) is 10.5. The second-order valence-corrected chi connectivity index (χ2v) is 6.73. The summed E-state index contributed by atoms with van der Waals surface area (Å²) < 4.78 is 11.3. The Morgan fingerprint density at radius 3 is 2.48 bits per heavy atom. The molecule has 140 valence electrons. The van der Waals surface area contributed by atoms with E-state index >= 15 is 0 Å². The van der Waals surface area contributed by atoms with E-state index in [1.807, 2.05) is 48.5 Å². The van der Waals surface area contributed by atoms with Crippen LogP contribution in [0.3, 0.4) is 0 Å².